The second kappa shape index (κ2) is 6.06. The Kier molecular flexibility index (Phi) is 4.43. The van der Waals surface area contributed by atoms with E-state index in [4.69, 9.17) is 10.5 Å². The Hall–Kier alpha value is -1.55. The van der Waals surface area contributed by atoms with Crippen molar-refractivity contribution in [2.24, 2.45) is 5.73 Å². The maximum absolute atomic E-state index is 11.3. The number of carbonyl (C=O) groups is 1. The minimum Gasteiger partial charge on any atom is -0.493 e. The van der Waals surface area contributed by atoms with Crippen LogP contribution in [0, 0.1) is 13.8 Å². The fourth-order valence-electron chi connectivity index (χ4n) is 2.15. The fourth-order valence-corrected chi connectivity index (χ4v) is 2.15. The van der Waals surface area contributed by atoms with E-state index in [0.29, 0.717) is 19.1 Å². The summed E-state index contributed by atoms with van der Waals surface area (Å²) in [6, 6.07) is 6.25. The summed E-state index contributed by atoms with van der Waals surface area (Å²) in [4.78, 5) is 11.3. The molecule has 0 heterocycles. The second-order valence-electron chi connectivity index (χ2n) is 5.25. The molecule has 1 atom stereocenters. The summed E-state index contributed by atoms with van der Waals surface area (Å²) < 4.78 is 5.80. The average Bonchev–Trinajstić information content (AvgIpc) is 3.15. The molecular formula is C15H22N2O2. The first-order valence-corrected chi connectivity index (χ1v) is 6.82. The number of amides is 1. The van der Waals surface area contributed by atoms with Gasteiger partial charge in [-0.15, -0.1) is 0 Å². The minimum absolute atomic E-state index is 0.281. The summed E-state index contributed by atoms with van der Waals surface area (Å²) >= 11 is 0. The number of ether oxygens (including phenoxy) is 1. The summed E-state index contributed by atoms with van der Waals surface area (Å²) in [5, 5.41) is 3.25. The van der Waals surface area contributed by atoms with Crippen LogP contribution >= 0.6 is 0 Å². The quantitative estimate of drug-likeness (QED) is 0.785. The van der Waals surface area contributed by atoms with Gasteiger partial charge in [-0.25, -0.2) is 0 Å². The van der Waals surface area contributed by atoms with Crippen molar-refractivity contribution in [2.45, 2.75) is 45.2 Å². The predicted octanol–water partition coefficient (Wildman–Crippen LogP) is 1.68. The normalized spacial score (nSPS) is 16.1. The van der Waals surface area contributed by atoms with Gasteiger partial charge in [0.05, 0.1) is 12.6 Å². The Labute approximate surface area is 114 Å². The molecule has 0 aromatic heterocycles. The molecule has 0 spiro atoms. The lowest BCUT2D eigenvalue weighted by Gasteiger charge is -2.17. The first kappa shape index (κ1) is 13.9. The highest BCUT2D eigenvalue weighted by Crippen LogP contribution is 2.23. The number of hydrogen-bond donors (Lipinski definition) is 2. The van der Waals surface area contributed by atoms with Crippen molar-refractivity contribution in [3.8, 4) is 5.75 Å². The standard InChI is InChI=1S/C15H22N2O2/c1-10-4-3-5-11(2)14(10)19-9-8-13(15(16)18)17-12-6-7-12/h3-5,12-13,17H,6-9H2,1-2H3,(H2,16,18). The Morgan fingerprint density at radius 3 is 2.58 bits per heavy atom. The van der Waals surface area contributed by atoms with Crippen molar-refractivity contribution in [3.63, 3.8) is 0 Å². The SMILES string of the molecule is Cc1cccc(C)c1OCCC(NC1CC1)C(N)=O. The molecular weight excluding hydrogens is 240 g/mol. The first-order chi connectivity index (χ1) is 9.08. The molecule has 0 bridgehead atoms. The third-order valence-corrected chi connectivity index (χ3v) is 3.42. The molecule has 1 aliphatic rings. The third-order valence-electron chi connectivity index (χ3n) is 3.42. The van der Waals surface area contributed by atoms with Crippen molar-refractivity contribution < 1.29 is 9.53 Å². The molecule has 1 amide bonds. The van der Waals surface area contributed by atoms with Gasteiger partial charge in [0.15, 0.2) is 0 Å². The van der Waals surface area contributed by atoms with Gasteiger partial charge in [0.25, 0.3) is 0 Å². The van der Waals surface area contributed by atoms with Crippen molar-refractivity contribution in [3.05, 3.63) is 29.3 Å². The van der Waals surface area contributed by atoms with Crippen LogP contribution in [-0.4, -0.2) is 24.6 Å². The van der Waals surface area contributed by atoms with Crippen LogP contribution in [-0.2, 0) is 4.79 Å². The molecule has 0 saturated heterocycles. The van der Waals surface area contributed by atoms with Gasteiger partial charge in [0.1, 0.15) is 5.75 Å². The van der Waals surface area contributed by atoms with E-state index >= 15 is 0 Å². The number of benzene rings is 1. The Morgan fingerprint density at radius 2 is 2.05 bits per heavy atom. The van der Waals surface area contributed by atoms with E-state index in [1.54, 1.807) is 0 Å². The zero-order valence-electron chi connectivity index (χ0n) is 11.6. The van der Waals surface area contributed by atoms with Crippen LogP contribution in [0.25, 0.3) is 0 Å². The Bertz CT molecular complexity index is 435. The van der Waals surface area contributed by atoms with Gasteiger partial charge < -0.3 is 15.8 Å². The number of nitrogens with one attached hydrogen (secondary N) is 1. The summed E-state index contributed by atoms with van der Waals surface area (Å²) in [7, 11) is 0. The molecule has 104 valence electrons. The lowest BCUT2D eigenvalue weighted by atomic mass is 10.1. The van der Waals surface area contributed by atoms with Crippen LogP contribution in [0.3, 0.4) is 0 Å². The number of nitrogens with two attached hydrogens (primary N) is 1. The summed E-state index contributed by atoms with van der Waals surface area (Å²) in [6.45, 7) is 4.55. The fraction of sp³-hybridized carbons (Fsp3) is 0.533. The van der Waals surface area contributed by atoms with Gasteiger partial charge in [-0.2, -0.15) is 0 Å². The number of para-hydroxylation sites is 1. The van der Waals surface area contributed by atoms with Gasteiger partial charge >= 0.3 is 0 Å². The van der Waals surface area contributed by atoms with Gasteiger partial charge in [0, 0.05) is 12.5 Å². The Balaban J connectivity index is 1.85. The summed E-state index contributed by atoms with van der Waals surface area (Å²) in [5.41, 5.74) is 7.63. The number of hydrogen-bond acceptors (Lipinski definition) is 3. The molecule has 1 aromatic carbocycles. The molecule has 4 nitrogen and oxygen atoms in total. The lowest BCUT2D eigenvalue weighted by Crippen LogP contribution is -2.43. The van der Waals surface area contributed by atoms with Crippen molar-refractivity contribution in [1.82, 2.24) is 5.32 Å². The van der Waals surface area contributed by atoms with Crippen molar-refractivity contribution in [2.75, 3.05) is 6.61 Å². The smallest absolute Gasteiger partial charge is 0.234 e. The largest absolute Gasteiger partial charge is 0.493 e. The monoisotopic (exact) mass is 262 g/mol. The van der Waals surface area contributed by atoms with E-state index in [-0.39, 0.29) is 11.9 Å². The zero-order chi connectivity index (χ0) is 13.8. The van der Waals surface area contributed by atoms with Gasteiger partial charge in [-0.05, 0) is 37.8 Å². The van der Waals surface area contributed by atoms with Gasteiger partial charge in [-0.1, -0.05) is 18.2 Å². The molecule has 1 saturated carbocycles. The molecule has 0 radical (unpaired) electrons. The maximum atomic E-state index is 11.3. The molecule has 2 rings (SSSR count). The van der Waals surface area contributed by atoms with Crippen molar-refractivity contribution in [1.29, 1.82) is 0 Å². The molecule has 1 unspecified atom stereocenters. The molecule has 0 aliphatic heterocycles. The molecule has 3 N–H and O–H groups in total. The van der Waals surface area contributed by atoms with Crippen LogP contribution in [0.5, 0.6) is 5.75 Å². The number of primary amides is 1. The van der Waals surface area contributed by atoms with E-state index in [1.807, 2.05) is 32.0 Å². The highest BCUT2D eigenvalue weighted by Gasteiger charge is 2.27. The first-order valence-electron chi connectivity index (χ1n) is 6.82. The highest BCUT2D eigenvalue weighted by molar-refractivity contribution is 5.79. The van der Waals surface area contributed by atoms with Crippen LogP contribution in [0.1, 0.15) is 30.4 Å². The van der Waals surface area contributed by atoms with E-state index in [9.17, 15) is 4.79 Å². The average molecular weight is 262 g/mol. The number of rotatable bonds is 7. The van der Waals surface area contributed by atoms with Gasteiger partial charge in [-0.3, -0.25) is 4.79 Å². The lowest BCUT2D eigenvalue weighted by molar-refractivity contribution is -0.120. The second-order valence-corrected chi connectivity index (χ2v) is 5.25. The topological polar surface area (TPSA) is 64.3 Å². The Morgan fingerprint density at radius 1 is 1.42 bits per heavy atom. The molecule has 19 heavy (non-hydrogen) atoms. The van der Waals surface area contributed by atoms with Crippen molar-refractivity contribution >= 4 is 5.91 Å². The molecule has 4 heteroatoms. The molecule has 1 fully saturated rings. The van der Waals surface area contributed by atoms with Crippen LogP contribution < -0.4 is 15.8 Å². The van der Waals surface area contributed by atoms with E-state index in [0.717, 1.165) is 29.7 Å². The number of aryl methyl sites for hydroxylation is 2. The molecule has 1 aliphatic carbocycles. The summed E-state index contributed by atoms with van der Waals surface area (Å²) in [6.07, 6.45) is 2.89. The molecule has 1 aromatic rings. The van der Waals surface area contributed by atoms with E-state index < -0.39 is 0 Å². The minimum atomic E-state index is -0.294. The van der Waals surface area contributed by atoms with Crippen LogP contribution in [0.15, 0.2) is 18.2 Å². The maximum Gasteiger partial charge on any atom is 0.234 e. The predicted molar refractivity (Wildman–Crippen MR) is 75.2 cm³/mol. The zero-order valence-corrected chi connectivity index (χ0v) is 11.6. The highest BCUT2D eigenvalue weighted by atomic mass is 16.5. The van der Waals surface area contributed by atoms with Crippen LogP contribution in [0.4, 0.5) is 0 Å². The van der Waals surface area contributed by atoms with Crippen LogP contribution in [0.2, 0.25) is 0 Å². The van der Waals surface area contributed by atoms with Gasteiger partial charge in [0.2, 0.25) is 5.91 Å². The third kappa shape index (κ3) is 3.96. The number of carbonyl (C=O) groups excluding carboxylic acids is 1. The summed E-state index contributed by atoms with van der Waals surface area (Å²) in [5.74, 6) is 0.620. The van der Waals surface area contributed by atoms with E-state index in [2.05, 4.69) is 5.32 Å². The van der Waals surface area contributed by atoms with E-state index in [1.165, 1.54) is 0 Å².